The number of rotatable bonds is 4. The van der Waals surface area contributed by atoms with Gasteiger partial charge in [0, 0.05) is 28.7 Å². The number of amides is 1. The highest BCUT2D eigenvalue weighted by Crippen LogP contribution is 2.22. The van der Waals surface area contributed by atoms with Crippen molar-refractivity contribution in [2.45, 2.75) is 13.3 Å². The second-order valence-electron chi connectivity index (χ2n) is 4.31. The maximum atomic E-state index is 12.2. The van der Waals surface area contributed by atoms with Gasteiger partial charge in [0.15, 0.2) is 0 Å². The Bertz CT molecular complexity index is 614. The largest absolute Gasteiger partial charge is 0.396 e. The van der Waals surface area contributed by atoms with Gasteiger partial charge in [0.25, 0.3) is 5.91 Å². The maximum Gasteiger partial charge on any atom is 0.252 e. The first-order chi connectivity index (χ1) is 9.11. The summed E-state index contributed by atoms with van der Waals surface area (Å²) in [4.78, 5) is 16.6. The summed E-state index contributed by atoms with van der Waals surface area (Å²) in [6.07, 6.45) is 0.553. The van der Waals surface area contributed by atoms with Gasteiger partial charge < -0.3 is 10.4 Å². The van der Waals surface area contributed by atoms with Crippen LogP contribution in [0.3, 0.4) is 0 Å². The number of benzene rings is 1. The molecule has 1 aromatic carbocycles. The summed E-state index contributed by atoms with van der Waals surface area (Å²) < 4.78 is 0.912. The predicted molar refractivity (Wildman–Crippen MR) is 78.2 cm³/mol. The van der Waals surface area contributed by atoms with E-state index >= 15 is 0 Å². The van der Waals surface area contributed by atoms with Crippen molar-refractivity contribution in [2.75, 3.05) is 13.2 Å². The molecule has 0 unspecified atom stereocenters. The van der Waals surface area contributed by atoms with E-state index < -0.39 is 0 Å². The Hall–Kier alpha value is -1.46. The molecule has 19 heavy (non-hydrogen) atoms. The van der Waals surface area contributed by atoms with Crippen molar-refractivity contribution >= 4 is 32.7 Å². The minimum absolute atomic E-state index is 0.0714. The molecule has 0 saturated carbocycles. The quantitative estimate of drug-likeness (QED) is 0.850. The smallest absolute Gasteiger partial charge is 0.252 e. The molecule has 5 heteroatoms. The number of aromatic nitrogens is 1. The van der Waals surface area contributed by atoms with Crippen LogP contribution in [0.15, 0.2) is 28.7 Å². The van der Waals surface area contributed by atoms with Gasteiger partial charge in [-0.15, -0.1) is 0 Å². The molecule has 0 aliphatic carbocycles. The minimum Gasteiger partial charge on any atom is -0.396 e. The van der Waals surface area contributed by atoms with Gasteiger partial charge >= 0.3 is 0 Å². The highest BCUT2D eigenvalue weighted by Gasteiger charge is 2.11. The van der Waals surface area contributed by atoms with Crippen molar-refractivity contribution in [3.05, 3.63) is 40.0 Å². The number of halogens is 1. The summed E-state index contributed by atoms with van der Waals surface area (Å²) in [6.45, 7) is 2.40. The Morgan fingerprint density at radius 1 is 1.42 bits per heavy atom. The molecule has 2 rings (SSSR count). The highest BCUT2D eigenvalue weighted by atomic mass is 79.9. The van der Waals surface area contributed by atoms with Crippen LogP contribution >= 0.6 is 15.9 Å². The maximum absolute atomic E-state index is 12.2. The molecule has 0 atom stereocenters. The Balaban J connectivity index is 2.40. The first kappa shape index (κ1) is 14.0. The molecule has 1 heterocycles. The molecule has 0 bridgehead atoms. The zero-order valence-electron chi connectivity index (χ0n) is 10.6. The number of carbonyl (C=O) groups is 1. The molecule has 2 N–H and O–H groups in total. The van der Waals surface area contributed by atoms with E-state index in [1.807, 2.05) is 25.1 Å². The van der Waals surface area contributed by atoms with Gasteiger partial charge in [0.2, 0.25) is 0 Å². The van der Waals surface area contributed by atoms with Crippen LogP contribution in [0.4, 0.5) is 0 Å². The normalized spacial score (nSPS) is 10.7. The summed E-state index contributed by atoms with van der Waals surface area (Å²) in [6, 6.07) is 7.46. The number of fused-ring (bicyclic) bond motifs is 1. The lowest BCUT2D eigenvalue weighted by atomic mass is 10.1. The fourth-order valence-corrected chi connectivity index (χ4v) is 2.26. The van der Waals surface area contributed by atoms with Gasteiger partial charge in [-0.1, -0.05) is 15.9 Å². The van der Waals surface area contributed by atoms with Crippen LogP contribution in [0.25, 0.3) is 10.9 Å². The van der Waals surface area contributed by atoms with Crippen molar-refractivity contribution in [1.82, 2.24) is 10.3 Å². The Labute approximate surface area is 120 Å². The lowest BCUT2D eigenvalue weighted by Gasteiger charge is -2.09. The molecule has 0 spiro atoms. The van der Waals surface area contributed by atoms with Gasteiger partial charge in [-0.05, 0) is 37.6 Å². The summed E-state index contributed by atoms with van der Waals surface area (Å²) >= 11 is 3.41. The number of carbonyl (C=O) groups excluding carboxylic acids is 1. The summed E-state index contributed by atoms with van der Waals surface area (Å²) in [5.74, 6) is -0.137. The Kier molecular flexibility index (Phi) is 4.50. The van der Waals surface area contributed by atoms with Crippen LogP contribution in [-0.2, 0) is 0 Å². The van der Waals surface area contributed by atoms with E-state index in [1.54, 1.807) is 6.07 Å². The average Bonchev–Trinajstić information content (AvgIpc) is 2.38. The predicted octanol–water partition coefficient (Wildman–Crippen LogP) is 2.42. The molecular weight excluding hydrogens is 308 g/mol. The number of aliphatic hydroxyl groups is 1. The van der Waals surface area contributed by atoms with E-state index in [4.69, 9.17) is 5.11 Å². The van der Waals surface area contributed by atoms with E-state index in [0.29, 0.717) is 18.5 Å². The van der Waals surface area contributed by atoms with Crippen molar-refractivity contribution in [3.63, 3.8) is 0 Å². The summed E-state index contributed by atoms with van der Waals surface area (Å²) in [5.41, 5.74) is 2.22. The lowest BCUT2D eigenvalue weighted by Crippen LogP contribution is -2.25. The molecule has 4 nitrogen and oxygen atoms in total. The SMILES string of the molecule is Cc1cc(C(=O)NCCCO)c2cc(Br)ccc2n1. The van der Waals surface area contributed by atoms with Gasteiger partial charge in [0.1, 0.15) is 0 Å². The minimum atomic E-state index is -0.137. The molecule has 0 saturated heterocycles. The van der Waals surface area contributed by atoms with Gasteiger partial charge in [-0.25, -0.2) is 0 Å². The molecule has 0 radical (unpaired) electrons. The monoisotopic (exact) mass is 322 g/mol. The molecule has 0 aliphatic rings. The zero-order valence-corrected chi connectivity index (χ0v) is 12.2. The first-order valence-electron chi connectivity index (χ1n) is 6.08. The molecule has 2 aromatic rings. The molecule has 0 fully saturated rings. The lowest BCUT2D eigenvalue weighted by molar-refractivity contribution is 0.0952. The van der Waals surface area contributed by atoms with E-state index in [-0.39, 0.29) is 12.5 Å². The van der Waals surface area contributed by atoms with Crippen LogP contribution in [0.1, 0.15) is 22.5 Å². The Morgan fingerprint density at radius 3 is 2.95 bits per heavy atom. The number of nitrogens with one attached hydrogen (secondary N) is 1. The third-order valence-corrected chi connectivity index (χ3v) is 3.26. The molecule has 1 amide bonds. The third kappa shape index (κ3) is 3.30. The molecule has 0 aliphatic heterocycles. The fourth-order valence-electron chi connectivity index (χ4n) is 1.89. The van der Waals surface area contributed by atoms with Crippen LogP contribution in [0.2, 0.25) is 0 Å². The van der Waals surface area contributed by atoms with Crippen molar-refractivity contribution in [2.24, 2.45) is 0 Å². The Morgan fingerprint density at radius 2 is 2.21 bits per heavy atom. The van der Waals surface area contributed by atoms with Crippen molar-refractivity contribution in [3.8, 4) is 0 Å². The van der Waals surface area contributed by atoms with Crippen LogP contribution in [0.5, 0.6) is 0 Å². The second kappa shape index (κ2) is 6.12. The van der Waals surface area contributed by atoms with Gasteiger partial charge in [-0.3, -0.25) is 9.78 Å². The topological polar surface area (TPSA) is 62.2 Å². The van der Waals surface area contributed by atoms with E-state index in [0.717, 1.165) is 21.1 Å². The number of aryl methyl sites for hydroxylation is 1. The van der Waals surface area contributed by atoms with Crippen molar-refractivity contribution < 1.29 is 9.90 Å². The molecule has 100 valence electrons. The first-order valence-corrected chi connectivity index (χ1v) is 6.87. The van der Waals surface area contributed by atoms with Crippen LogP contribution in [0, 0.1) is 6.92 Å². The molecule has 1 aromatic heterocycles. The second-order valence-corrected chi connectivity index (χ2v) is 5.22. The van der Waals surface area contributed by atoms with Crippen molar-refractivity contribution in [1.29, 1.82) is 0 Å². The fraction of sp³-hybridized carbons (Fsp3) is 0.286. The number of pyridine rings is 1. The summed E-state index contributed by atoms with van der Waals surface area (Å²) in [7, 11) is 0. The van der Waals surface area contributed by atoms with E-state index in [9.17, 15) is 4.79 Å². The zero-order chi connectivity index (χ0) is 13.8. The van der Waals surface area contributed by atoms with E-state index in [2.05, 4.69) is 26.2 Å². The third-order valence-electron chi connectivity index (χ3n) is 2.76. The van der Waals surface area contributed by atoms with Crippen LogP contribution in [-0.4, -0.2) is 29.1 Å². The number of hydrogen-bond donors (Lipinski definition) is 2. The number of aliphatic hydroxyl groups excluding tert-OH is 1. The van der Waals surface area contributed by atoms with Gasteiger partial charge in [-0.2, -0.15) is 0 Å². The van der Waals surface area contributed by atoms with Crippen LogP contribution < -0.4 is 5.32 Å². The van der Waals surface area contributed by atoms with Gasteiger partial charge in [0.05, 0.1) is 11.1 Å². The summed E-state index contributed by atoms with van der Waals surface area (Å²) in [5, 5.41) is 12.4. The highest BCUT2D eigenvalue weighted by molar-refractivity contribution is 9.10. The number of nitrogens with zero attached hydrogens (tertiary/aromatic N) is 1. The number of hydrogen-bond acceptors (Lipinski definition) is 3. The standard InChI is InChI=1S/C14H15BrN2O2/c1-9-7-12(14(19)16-5-2-6-18)11-8-10(15)3-4-13(11)17-9/h3-4,7-8,18H,2,5-6H2,1H3,(H,16,19). The average molecular weight is 323 g/mol. The molecular formula is C14H15BrN2O2. The van der Waals surface area contributed by atoms with E-state index in [1.165, 1.54) is 0 Å².